The van der Waals surface area contributed by atoms with Crippen molar-refractivity contribution in [2.45, 2.75) is 13.5 Å². The second kappa shape index (κ2) is 8.03. The Labute approximate surface area is 174 Å². The van der Waals surface area contributed by atoms with E-state index in [1.165, 1.54) is 29.5 Å². The van der Waals surface area contributed by atoms with Gasteiger partial charge in [-0.05, 0) is 49.4 Å². The Morgan fingerprint density at radius 1 is 1.23 bits per heavy atom. The van der Waals surface area contributed by atoms with Crippen LogP contribution in [-0.2, 0) is 11.3 Å². The molecule has 152 valence electrons. The number of nitrogens with zero attached hydrogens (tertiary/aromatic N) is 3. The van der Waals surface area contributed by atoms with Gasteiger partial charge in [0.05, 0.1) is 16.8 Å². The lowest BCUT2D eigenvalue weighted by Crippen LogP contribution is -2.30. The molecule has 9 heteroatoms. The Hall–Kier alpha value is -3.59. The zero-order valence-electron chi connectivity index (χ0n) is 16.2. The number of rotatable bonds is 5. The lowest BCUT2D eigenvalue weighted by molar-refractivity contribution is -0.117. The van der Waals surface area contributed by atoms with E-state index in [2.05, 4.69) is 15.4 Å². The quantitative estimate of drug-likeness (QED) is 0.529. The fraction of sp³-hybridized carbons (Fsp3) is 0.143. The summed E-state index contributed by atoms with van der Waals surface area (Å²) in [6.07, 6.45) is 0. The zero-order chi connectivity index (χ0) is 21.3. The van der Waals surface area contributed by atoms with Crippen LogP contribution in [0.2, 0.25) is 0 Å². The predicted octanol–water partition coefficient (Wildman–Crippen LogP) is 3.61. The van der Waals surface area contributed by atoms with Crippen molar-refractivity contribution in [2.24, 2.45) is 0 Å². The molecule has 0 aliphatic heterocycles. The number of halogens is 1. The monoisotopic (exact) mass is 424 g/mol. The molecule has 0 bridgehead atoms. The number of anilines is 1. The zero-order valence-corrected chi connectivity index (χ0v) is 17.0. The minimum absolute atomic E-state index is 0.261. The van der Waals surface area contributed by atoms with E-state index < -0.39 is 17.3 Å². The van der Waals surface area contributed by atoms with Gasteiger partial charge in [0.1, 0.15) is 23.8 Å². The maximum atomic E-state index is 13.3. The van der Waals surface area contributed by atoms with E-state index in [0.29, 0.717) is 21.8 Å². The largest absolute Gasteiger partial charge is 0.497 e. The van der Waals surface area contributed by atoms with Crippen LogP contribution in [0, 0.1) is 12.7 Å². The van der Waals surface area contributed by atoms with Gasteiger partial charge < -0.3 is 10.1 Å². The minimum Gasteiger partial charge on any atom is -0.497 e. The Kier molecular flexibility index (Phi) is 5.28. The standard InChI is InChI=1S/C21H17FN4O3S/c1-12-23-19-20(30-12)18(13-6-8-16(29-2)9-7-13)25-26(21(19)28)11-17(27)24-15-5-3-4-14(22)10-15/h3-10H,11H2,1-2H3,(H,24,27). The highest BCUT2D eigenvalue weighted by atomic mass is 32.1. The Morgan fingerprint density at radius 2 is 2.00 bits per heavy atom. The molecule has 0 spiro atoms. The van der Waals surface area contributed by atoms with Gasteiger partial charge in [-0.1, -0.05) is 6.07 Å². The van der Waals surface area contributed by atoms with Gasteiger partial charge in [-0.3, -0.25) is 9.59 Å². The third-order valence-corrected chi connectivity index (χ3v) is 5.35. The molecule has 30 heavy (non-hydrogen) atoms. The summed E-state index contributed by atoms with van der Waals surface area (Å²) in [7, 11) is 1.58. The summed E-state index contributed by atoms with van der Waals surface area (Å²) in [5.74, 6) is -0.273. The summed E-state index contributed by atoms with van der Waals surface area (Å²) >= 11 is 1.37. The maximum absolute atomic E-state index is 13.3. The van der Waals surface area contributed by atoms with E-state index in [-0.39, 0.29) is 12.1 Å². The number of nitrogens with one attached hydrogen (secondary N) is 1. The van der Waals surface area contributed by atoms with Crippen LogP contribution >= 0.6 is 11.3 Å². The molecule has 0 saturated carbocycles. The summed E-state index contributed by atoms with van der Waals surface area (Å²) in [5, 5.41) is 7.73. The second-order valence-corrected chi connectivity index (χ2v) is 7.71. The van der Waals surface area contributed by atoms with Crippen molar-refractivity contribution in [2.75, 3.05) is 12.4 Å². The molecule has 2 aromatic heterocycles. The van der Waals surface area contributed by atoms with Crippen molar-refractivity contribution in [3.05, 3.63) is 69.7 Å². The number of carbonyl (C=O) groups is 1. The van der Waals surface area contributed by atoms with Crippen LogP contribution in [0.3, 0.4) is 0 Å². The number of fused-ring (bicyclic) bond motifs is 1. The molecule has 2 heterocycles. The van der Waals surface area contributed by atoms with E-state index in [9.17, 15) is 14.0 Å². The Morgan fingerprint density at radius 3 is 2.70 bits per heavy atom. The normalized spacial score (nSPS) is 10.9. The molecule has 1 N–H and O–H groups in total. The number of benzene rings is 2. The van der Waals surface area contributed by atoms with Gasteiger partial charge in [-0.25, -0.2) is 14.1 Å². The highest BCUT2D eigenvalue weighted by Gasteiger charge is 2.18. The first kappa shape index (κ1) is 19.7. The Balaban J connectivity index is 1.73. The Bertz CT molecular complexity index is 1300. The molecule has 0 aliphatic rings. The molecule has 0 aliphatic carbocycles. The maximum Gasteiger partial charge on any atom is 0.294 e. The first-order valence-corrected chi connectivity index (χ1v) is 9.84. The lowest BCUT2D eigenvalue weighted by Gasteiger charge is -2.10. The van der Waals surface area contributed by atoms with Crippen LogP contribution in [0.15, 0.2) is 53.3 Å². The molecule has 1 amide bonds. The van der Waals surface area contributed by atoms with Crippen molar-refractivity contribution in [1.82, 2.24) is 14.8 Å². The number of ether oxygens (including phenoxy) is 1. The summed E-state index contributed by atoms with van der Waals surface area (Å²) in [4.78, 5) is 29.6. The SMILES string of the molecule is COc1ccc(-c2nn(CC(=O)Nc3cccc(F)c3)c(=O)c3nc(C)sc23)cc1. The third-order valence-electron chi connectivity index (χ3n) is 4.37. The second-order valence-electron chi connectivity index (χ2n) is 6.51. The molecular weight excluding hydrogens is 407 g/mol. The van der Waals surface area contributed by atoms with Crippen LogP contribution in [0.5, 0.6) is 5.75 Å². The van der Waals surface area contributed by atoms with E-state index in [4.69, 9.17) is 4.74 Å². The number of hydrogen-bond acceptors (Lipinski definition) is 6. The molecule has 0 fully saturated rings. The fourth-order valence-electron chi connectivity index (χ4n) is 3.01. The molecule has 7 nitrogen and oxygen atoms in total. The van der Waals surface area contributed by atoms with Gasteiger partial charge in [0.2, 0.25) is 5.91 Å². The van der Waals surface area contributed by atoms with E-state index >= 15 is 0 Å². The van der Waals surface area contributed by atoms with Crippen molar-refractivity contribution < 1.29 is 13.9 Å². The highest BCUT2D eigenvalue weighted by Crippen LogP contribution is 2.30. The number of aromatic nitrogens is 3. The molecular formula is C21H17FN4O3S. The van der Waals surface area contributed by atoms with Gasteiger partial charge in [0.15, 0.2) is 5.52 Å². The first-order chi connectivity index (χ1) is 14.4. The summed E-state index contributed by atoms with van der Waals surface area (Å²) in [6, 6.07) is 12.8. The van der Waals surface area contributed by atoms with E-state index in [1.807, 2.05) is 19.1 Å². The number of methoxy groups -OCH3 is 1. The van der Waals surface area contributed by atoms with Crippen molar-refractivity contribution >= 4 is 33.1 Å². The van der Waals surface area contributed by atoms with E-state index in [1.54, 1.807) is 25.3 Å². The molecule has 0 radical (unpaired) electrons. The summed E-state index contributed by atoms with van der Waals surface area (Å²) < 4.78 is 20.3. The minimum atomic E-state index is -0.498. The van der Waals surface area contributed by atoms with Gasteiger partial charge in [0.25, 0.3) is 5.56 Å². The van der Waals surface area contributed by atoms with Crippen LogP contribution in [0.4, 0.5) is 10.1 Å². The number of thiazole rings is 1. The third kappa shape index (κ3) is 3.92. The lowest BCUT2D eigenvalue weighted by atomic mass is 10.1. The summed E-state index contributed by atoms with van der Waals surface area (Å²) in [6.45, 7) is 1.48. The van der Waals surface area contributed by atoms with Gasteiger partial charge in [-0.15, -0.1) is 11.3 Å². The molecule has 4 aromatic rings. The fourth-order valence-corrected chi connectivity index (χ4v) is 3.93. The number of amides is 1. The molecule has 0 unspecified atom stereocenters. The average Bonchev–Trinajstić information content (AvgIpc) is 3.12. The topological polar surface area (TPSA) is 86.1 Å². The van der Waals surface area contributed by atoms with Crippen molar-refractivity contribution in [1.29, 1.82) is 0 Å². The van der Waals surface area contributed by atoms with Crippen LogP contribution in [-0.4, -0.2) is 27.8 Å². The summed E-state index contributed by atoms with van der Waals surface area (Å²) in [5.41, 5.74) is 1.42. The van der Waals surface area contributed by atoms with Crippen LogP contribution in [0.1, 0.15) is 5.01 Å². The smallest absolute Gasteiger partial charge is 0.294 e. The van der Waals surface area contributed by atoms with Crippen LogP contribution in [0.25, 0.3) is 21.5 Å². The predicted molar refractivity (Wildman–Crippen MR) is 113 cm³/mol. The number of aryl methyl sites for hydroxylation is 1. The van der Waals surface area contributed by atoms with Gasteiger partial charge >= 0.3 is 0 Å². The molecule has 0 atom stereocenters. The molecule has 0 saturated heterocycles. The molecule has 2 aromatic carbocycles. The van der Waals surface area contributed by atoms with Crippen molar-refractivity contribution in [3.63, 3.8) is 0 Å². The van der Waals surface area contributed by atoms with Gasteiger partial charge in [0, 0.05) is 11.3 Å². The molecule has 4 rings (SSSR count). The number of carbonyl (C=O) groups excluding carboxylic acids is 1. The average molecular weight is 424 g/mol. The van der Waals surface area contributed by atoms with E-state index in [0.717, 1.165) is 15.3 Å². The van der Waals surface area contributed by atoms with Crippen molar-refractivity contribution in [3.8, 4) is 17.0 Å². The van der Waals surface area contributed by atoms with Gasteiger partial charge in [-0.2, -0.15) is 5.10 Å². The first-order valence-electron chi connectivity index (χ1n) is 9.02. The number of hydrogen-bond donors (Lipinski definition) is 1. The highest BCUT2D eigenvalue weighted by molar-refractivity contribution is 7.19. The van der Waals surface area contributed by atoms with Crippen LogP contribution < -0.4 is 15.6 Å².